The Morgan fingerprint density at radius 1 is 1.15 bits per heavy atom. The number of anilines is 3. The van der Waals surface area contributed by atoms with Crippen molar-refractivity contribution in [2.75, 3.05) is 10.6 Å². The van der Waals surface area contributed by atoms with Gasteiger partial charge in [0.25, 0.3) is 0 Å². The lowest BCUT2D eigenvalue weighted by Gasteiger charge is -2.14. The minimum Gasteiger partial charge on any atom is -0.361 e. The molecule has 0 bridgehead atoms. The number of nitrogens with zero attached hydrogens (tertiary/aromatic N) is 3. The average Bonchev–Trinajstić information content (AvgIpc) is 3.07. The summed E-state index contributed by atoms with van der Waals surface area (Å²) in [5, 5.41) is 17.1. The Labute approximate surface area is 146 Å². The van der Waals surface area contributed by atoms with E-state index in [0.717, 1.165) is 44.1 Å². The SMILES string of the molecule is O=[N+]([O-])c1c(Nc2cccc(C(F)(F)F)c2)ncnc1NC1CCCC1. The van der Waals surface area contributed by atoms with Gasteiger partial charge in [0.1, 0.15) is 6.33 Å². The van der Waals surface area contributed by atoms with E-state index in [4.69, 9.17) is 0 Å². The van der Waals surface area contributed by atoms with E-state index < -0.39 is 22.4 Å². The van der Waals surface area contributed by atoms with E-state index in [1.165, 1.54) is 12.1 Å². The van der Waals surface area contributed by atoms with Crippen LogP contribution in [0.1, 0.15) is 31.2 Å². The van der Waals surface area contributed by atoms with Gasteiger partial charge in [-0.25, -0.2) is 9.97 Å². The number of nitro groups is 1. The van der Waals surface area contributed by atoms with Gasteiger partial charge in [0.15, 0.2) is 0 Å². The number of aromatic nitrogens is 2. The number of halogens is 3. The molecule has 0 atom stereocenters. The van der Waals surface area contributed by atoms with E-state index in [-0.39, 0.29) is 23.4 Å². The van der Waals surface area contributed by atoms with Gasteiger partial charge in [-0.1, -0.05) is 18.9 Å². The maximum atomic E-state index is 12.8. The normalized spacial score (nSPS) is 15.0. The molecule has 7 nitrogen and oxygen atoms in total. The molecular formula is C16H16F3N5O2. The average molecular weight is 367 g/mol. The van der Waals surface area contributed by atoms with Crippen LogP contribution in [0.15, 0.2) is 30.6 Å². The maximum Gasteiger partial charge on any atom is 0.416 e. The Bertz CT molecular complexity index is 807. The molecule has 0 spiro atoms. The van der Waals surface area contributed by atoms with Gasteiger partial charge in [0.05, 0.1) is 10.5 Å². The Balaban J connectivity index is 1.91. The van der Waals surface area contributed by atoms with E-state index in [2.05, 4.69) is 20.6 Å². The third-order valence-corrected chi connectivity index (χ3v) is 4.15. The highest BCUT2D eigenvalue weighted by Crippen LogP contribution is 2.35. The van der Waals surface area contributed by atoms with Gasteiger partial charge in [-0.3, -0.25) is 10.1 Å². The van der Waals surface area contributed by atoms with Gasteiger partial charge in [-0.15, -0.1) is 0 Å². The highest BCUT2D eigenvalue weighted by molar-refractivity contribution is 5.74. The molecule has 0 saturated heterocycles. The van der Waals surface area contributed by atoms with Crippen LogP contribution < -0.4 is 10.6 Å². The summed E-state index contributed by atoms with van der Waals surface area (Å²) in [5.74, 6) is -0.101. The molecule has 1 aliphatic carbocycles. The maximum absolute atomic E-state index is 12.8. The fourth-order valence-corrected chi connectivity index (χ4v) is 2.92. The van der Waals surface area contributed by atoms with Crippen molar-refractivity contribution in [3.8, 4) is 0 Å². The number of hydrogen-bond acceptors (Lipinski definition) is 6. The van der Waals surface area contributed by atoms with Crippen molar-refractivity contribution in [1.29, 1.82) is 0 Å². The second-order valence-electron chi connectivity index (χ2n) is 6.01. The second-order valence-corrected chi connectivity index (χ2v) is 6.01. The zero-order valence-corrected chi connectivity index (χ0v) is 13.6. The third kappa shape index (κ3) is 4.01. The zero-order valence-electron chi connectivity index (χ0n) is 13.6. The van der Waals surface area contributed by atoms with E-state index in [9.17, 15) is 23.3 Å². The first-order valence-corrected chi connectivity index (χ1v) is 8.05. The molecule has 1 fully saturated rings. The lowest BCUT2D eigenvalue weighted by atomic mass is 10.2. The lowest BCUT2D eigenvalue weighted by Crippen LogP contribution is -2.17. The first-order valence-electron chi connectivity index (χ1n) is 8.05. The van der Waals surface area contributed by atoms with Crippen LogP contribution in [0.2, 0.25) is 0 Å². The summed E-state index contributed by atoms with van der Waals surface area (Å²) in [6.45, 7) is 0. The smallest absolute Gasteiger partial charge is 0.361 e. The van der Waals surface area contributed by atoms with E-state index >= 15 is 0 Å². The molecule has 1 heterocycles. The van der Waals surface area contributed by atoms with Crippen LogP contribution in [0.25, 0.3) is 0 Å². The predicted molar refractivity (Wildman–Crippen MR) is 89.3 cm³/mol. The number of hydrogen-bond donors (Lipinski definition) is 2. The summed E-state index contributed by atoms with van der Waals surface area (Å²) >= 11 is 0. The van der Waals surface area contributed by atoms with Crippen molar-refractivity contribution in [3.05, 3.63) is 46.3 Å². The van der Waals surface area contributed by atoms with Crippen LogP contribution in [-0.2, 0) is 6.18 Å². The molecule has 138 valence electrons. The van der Waals surface area contributed by atoms with Gasteiger partial charge < -0.3 is 10.6 Å². The second kappa shape index (κ2) is 7.14. The molecule has 0 unspecified atom stereocenters. The Morgan fingerprint density at radius 2 is 1.85 bits per heavy atom. The molecule has 2 N–H and O–H groups in total. The van der Waals surface area contributed by atoms with Gasteiger partial charge in [0, 0.05) is 11.7 Å². The van der Waals surface area contributed by atoms with Gasteiger partial charge in [0.2, 0.25) is 11.6 Å². The quantitative estimate of drug-likeness (QED) is 0.597. The largest absolute Gasteiger partial charge is 0.416 e. The standard InChI is InChI=1S/C16H16F3N5O2/c17-16(18,19)10-4-3-7-12(8-10)23-15-13(24(25)26)14(20-9-21-15)22-11-5-1-2-6-11/h3-4,7-9,11H,1-2,5-6H2,(H2,20,21,22,23). The molecular weight excluding hydrogens is 351 g/mol. The van der Waals surface area contributed by atoms with Crippen LogP contribution >= 0.6 is 0 Å². The fourth-order valence-electron chi connectivity index (χ4n) is 2.92. The zero-order chi connectivity index (χ0) is 18.7. The number of nitrogens with one attached hydrogen (secondary N) is 2. The van der Waals surface area contributed by atoms with Crippen molar-refractivity contribution in [1.82, 2.24) is 9.97 Å². The minimum absolute atomic E-state index is 0.0495. The van der Waals surface area contributed by atoms with Crippen molar-refractivity contribution in [3.63, 3.8) is 0 Å². The molecule has 0 amide bonds. The molecule has 2 aromatic rings. The van der Waals surface area contributed by atoms with Crippen molar-refractivity contribution >= 4 is 23.0 Å². The Hall–Kier alpha value is -2.91. The van der Waals surface area contributed by atoms with Crippen molar-refractivity contribution in [2.24, 2.45) is 0 Å². The topological polar surface area (TPSA) is 93.0 Å². The molecule has 1 aliphatic rings. The van der Waals surface area contributed by atoms with Crippen molar-refractivity contribution < 1.29 is 18.1 Å². The molecule has 1 aromatic heterocycles. The molecule has 0 aliphatic heterocycles. The minimum atomic E-state index is -4.51. The van der Waals surface area contributed by atoms with E-state index in [0.29, 0.717) is 0 Å². The summed E-state index contributed by atoms with van der Waals surface area (Å²) in [7, 11) is 0. The van der Waals surface area contributed by atoms with Crippen LogP contribution in [0.4, 0.5) is 36.2 Å². The number of rotatable bonds is 5. The van der Waals surface area contributed by atoms with E-state index in [1.807, 2.05) is 0 Å². The summed E-state index contributed by atoms with van der Waals surface area (Å²) in [5.41, 5.74) is -1.20. The highest BCUT2D eigenvalue weighted by atomic mass is 19.4. The van der Waals surface area contributed by atoms with E-state index in [1.54, 1.807) is 0 Å². The van der Waals surface area contributed by atoms with Crippen LogP contribution in [0, 0.1) is 10.1 Å². The van der Waals surface area contributed by atoms with Crippen LogP contribution in [-0.4, -0.2) is 20.9 Å². The predicted octanol–water partition coefficient (Wildman–Crippen LogP) is 4.50. The summed E-state index contributed by atoms with van der Waals surface area (Å²) < 4.78 is 38.5. The molecule has 26 heavy (non-hydrogen) atoms. The van der Waals surface area contributed by atoms with Gasteiger partial charge >= 0.3 is 11.9 Å². The first-order chi connectivity index (χ1) is 12.3. The molecule has 1 aromatic carbocycles. The summed E-state index contributed by atoms with van der Waals surface area (Å²) in [6, 6.07) is 4.48. The highest BCUT2D eigenvalue weighted by Gasteiger charge is 2.31. The monoisotopic (exact) mass is 367 g/mol. The number of alkyl halides is 3. The lowest BCUT2D eigenvalue weighted by molar-refractivity contribution is -0.383. The third-order valence-electron chi connectivity index (χ3n) is 4.15. The Kier molecular flexibility index (Phi) is 4.92. The number of benzene rings is 1. The van der Waals surface area contributed by atoms with Crippen molar-refractivity contribution in [2.45, 2.75) is 37.9 Å². The van der Waals surface area contributed by atoms with Gasteiger partial charge in [-0.05, 0) is 31.0 Å². The Morgan fingerprint density at radius 3 is 2.50 bits per heavy atom. The van der Waals surface area contributed by atoms with Gasteiger partial charge in [-0.2, -0.15) is 13.2 Å². The molecule has 3 rings (SSSR count). The van der Waals surface area contributed by atoms with Crippen LogP contribution in [0.5, 0.6) is 0 Å². The molecule has 1 saturated carbocycles. The first kappa shape index (κ1) is 17.9. The summed E-state index contributed by atoms with van der Waals surface area (Å²) in [6.07, 6.45) is 0.470. The molecule has 0 radical (unpaired) electrons. The summed E-state index contributed by atoms with van der Waals surface area (Å²) in [4.78, 5) is 18.6. The fraction of sp³-hybridized carbons (Fsp3) is 0.375. The van der Waals surface area contributed by atoms with Crippen LogP contribution in [0.3, 0.4) is 0 Å². The molecule has 10 heteroatoms.